The second kappa shape index (κ2) is 10.4. The van der Waals surface area contributed by atoms with Gasteiger partial charge in [-0.1, -0.05) is 29.8 Å². The van der Waals surface area contributed by atoms with Gasteiger partial charge in [-0.25, -0.2) is 0 Å². The topological polar surface area (TPSA) is 118 Å². The Morgan fingerprint density at radius 3 is 2.65 bits per heavy atom. The lowest BCUT2D eigenvalue weighted by atomic mass is 9.70. The van der Waals surface area contributed by atoms with E-state index in [0.29, 0.717) is 32.7 Å². The summed E-state index contributed by atoms with van der Waals surface area (Å²) >= 11 is 3.63. The molecule has 4 aliphatic rings. The third kappa shape index (κ3) is 4.27. The van der Waals surface area contributed by atoms with Gasteiger partial charge in [0, 0.05) is 31.0 Å². The van der Waals surface area contributed by atoms with Crippen LogP contribution in [0.5, 0.6) is 0 Å². The minimum absolute atomic E-state index is 0.0918. The number of hydrogen-bond acceptors (Lipinski definition) is 8. The Morgan fingerprint density at radius 2 is 2.03 bits per heavy atom. The van der Waals surface area contributed by atoms with E-state index in [4.69, 9.17) is 14.2 Å². The van der Waals surface area contributed by atoms with Crippen molar-refractivity contribution in [2.45, 2.75) is 55.8 Å². The number of halogens is 1. The van der Waals surface area contributed by atoms with Crippen LogP contribution < -0.4 is 5.32 Å². The summed E-state index contributed by atoms with van der Waals surface area (Å²) < 4.78 is 17.1. The van der Waals surface area contributed by atoms with Crippen molar-refractivity contribution >= 4 is 33.7 Å². The van der Waals surface area contributed by atoms with Gasteiger partial charge in [-0.2, -0.15) is 0 Å². The quantitative estimate of drug-likeness (QED) is 0.301. The Balaban J connectivity index is 1.62. The van der Waals surface area contributed by atoms with Crippen LogP contribution in [-0.4, -0.2) is 114 Å². The molecule has 2 amide bonds. The van der Waals surface area contributed by atoms with E-state index >= 15 is 0 Å². The first-order valence-electron chi connectivity index (χ1n) is 12.3. The van der Waals surface area contributed by atoms with E-state index in [-0.39, 0.29) is 35.8 Å². The molecule has 4 aliphatic heterocycles. The van der Waals surface area contributed by atoms with Gasteiger partial charge >= 0.3 is 5.97 Å². The number of morpholine rings is 1. The third-order valence-corrected chi connectivity index (χ3v) is 8.52. The molecule has 0 aromatic heterocycles. The molecule has 2 N–H and O–H groups in total. The minimum Gasteiger partial charge on any atom is -0.466 e. The molecule has 2 bridgehead atoms. The number of nitrogens with one attached hydrogen (secondary N) is 1. The van der Waals surface area contributed by atoms with Crippen LogP contribution >= 0.6 is 15.9 Å². The first kappa shape index (κ1) is 25.8. The van der Waals surface area contributed by atoms with Crippen molar-refractivity contribution in [1.29, 1.82) is 0 Å². The Bertz CT molecular complexity index is 793. The summed E-state index contributed by atoms with van der Waals surface area (Å²) in [6.45, 7) is 9.52. The Kier molecular flexibility index (Phi) is 7.88. The number of likely N-dealkylation sites (tertiary alicyclic amines) is 1. The Morgan fingerprint density at radius 1 is 1.32 bits per heavy atom. The fraction of sp³-hybridized carbons (Fsp3) is 0.870. The van der Waals surface area contributed by atoms with E-state index in [1.165, 1.54) is 4.90 Å². The third-order valence-electron chi connectivity index (χ3n) is 7.68. The van der Waals surface area contributed by atoms with E-state index in [9.17, 15) is 19.5 Å². The number of rotatable bonds is 9. The molecule has 0 aliphatic carbocycles. The van der Waals surface area contributed by atoms with Gasteiger partial charge in [0.15, 0.2) is 0 Å². The highest BCUT2D eigenvalue weighted by Crippen LogP contribution is 2.60. The lowest BCUT2D eigenvalue weighted by Crippen LogP contribution is -2.59. The summed E-state index contributed by atoms with van der Waals surface area (Å²) in [4.78, 5) is 44.0. The van der Waals surface area contributed by atoms with E-state index in [2.05, 4.69) is 26.1 Å². The normalized spacial score (nSPS) is 36.1. The van der Waals surface area contributed by atoms with Crippen LogP contribution in [-0.2, 0) is 28.6 Å². The van der Waals surface area contributed by atoms with Crippen molar-refractivity contribution < 1.29 is 33.7 Å². The predicted octanol–water partition coefficient (Wildman–Crippen LogP) is -0.237. The molecule has 4 fully saturated rings. The molecule has 10 nitrogen and oxygen atoms in total. The lowest BCUT2D eigenvalue weighted by Gasteiger charge is -2.38. The van der Waals surface area contributed by atoms with Crippen molar-refractivity contribution in [3.8, 4) is 0 Å². The van der Waals surface area contributed by atoms with Gasteiger partial charge in [0.25, 0.3) is 0 Å². The van der Waals surface area contributed by atoms with Crippen LogP contribution in [0.2, 0.25) is 0 Å². The number of nitrogens with zero attached hydrogens (tertiary/aromatic N) is 2. The molecule has 11 heteroatoms. The standard InChI is InChI=1S/C23H36BrN3O7/c1-4-33-22(31)16-17-21(30)27(15(12-28)13(2)3)19(23(17)11-14(24)18(16)34-23)20(29)25-5-6-26-7-9-32-10-8-26/h13-19,28H,4-12H2,1-3H3,(H,25,29)/t14?,15-,16-,17+,18-,19-,23+/m0/s1. The minimum atomic E-state index is -1.14. The van der Waals surface area contributed by atoms with Gasteiger partial charge in [0.2, 0.25) is 11.8 Å². The first-order valence-corrected chi connectivity index (χ1v) is 13.2. The number of aliphatic hydroxyl groups excluding tert-OH is 1. The van der Waals surface area contributed by atoms with Crippen molar-refractivity contribution in [3.05, 3.63) is 0 Å². The van der Waals surface area contributed by atoms with Crippen LogP contribution in [0.15, 0.2) is 0 Å². The molecule has 4 heterocycles. The molecule has 34 heavy (non-hydrogen) atoms. The van der Waals surface area contributed by atoms with Crippen molar-refractivity contribution in [3.63, 3.8) is 0 Å². The average molecular weight is 546 g/mol. The monoisotopic (exact) mass is 545 g/mol. The summed E-state index contributed by atoms with van der Waals surface area (Å²) in [7, 11) is 0. The number of ether oxygens (including phenoxy) is 3. The van der Waals surface area contributed by atoms with Gasteiger partial charge in [0.1, 0.15) is 11.6 Å². The maximum absolute atomic E-state index is 13.8. The molecule has 0 radical (unpaired) electrons. The smallest absolute Gasteiger partial charge is 0.312 e. The Labute approximate surface area is 208 Å². The highest BCUT2D eigenvalue weighted by Gasteiger charge is 2.77. The summed E-state index contributed by atoms with van der Waals surface area (Å²) in [6.07, 6.45) is -0.108. The van der Waals surface area contributed by atoms with E-state index < -0.39 is 41.6 Å². The molecule has 4 rings (SSSR count). The van der Waals surface area contributed by atoms with Crippen molar-refractivity contribution in [1.82, 2.24) is 15.1 Å². The van der Waals surface area contributed by atoms with Gasteiger partial charge < -0.3 is 29.5 Å². The van der Waals surface area contributed by atoms with Gasteiger partial charge in [-0.3, -0.25) is 19.3 Å². The van der Waals surface area contributed by atoms with E-state index in [1.807, 2.05) is 13.8 Å². The number of amides is 2. The number of carbonyl (C=O) groups excluding carboxylic acids is 3. The summed E-state index contributed by atoms with van der Waals surface area (Å²) in [5.74, 6) is -2.80. The first-order chi connectivity index (χ1) is 16.3. The highest BCUT2D eigenvalue weighted by atomic mass is 79.9. The summed E-state index contributed by atoms with van der Waals surface area (Å²) in [5, 5.41) is 13.2. The van der Waals surface area contributed by atoms with Gasteiger partial charge in [-0.15, -0.1) is 0 Å². The number of alkyl halides is 1. The van der Waals surface area contributed by atoms with Crippen LogP contribution in [0.25, 0.3) is 0 Å². The zero-order valence-electron chi connectivity index (χ0n) is 20.1. The van der Waals surface area contributed by atoms with E-state index in [0.717, 1.165) is 13.1 Å². The maximum Gasteiger partial charge on any atom is 0.312 e. The van der Waals surface area contributed by atoms with Crippen LogP contribution in [0, 0.1) is 17.8 Å². The number of fused-ring (bicyclic) bond motifs is 1. The average Bonchev–Trinajstić information content (AvgIpc) is 3.39. The molecule has 4 saturated heterocycles. The molecule has 192 valence electrons. The second-order valence-electron chi connectivity index (χ2n) is 9.90. The van der Waals surface area contributed by atoms with Gasteiger partial charge in [-0.05, 0) is 19.3 Å². The zero-order valence-corrected chi connectivity index (χ0v) is 21.7. The number of esters is 1. The summed E-state index contributed by atoms with van der Waals surface area (Å²) in [6, 6.07) is -1.50. The van der Waals surface area contributed by atoms with Gasteiger partial charge in [0.05, 0.1) is 50.4 Å². The molecule has 7 atom stereocenters. The molecular weight excluding hydrogens is 510 g/mol. The van der Waals surface area contributed by atoms with Crippen LogP contribution in [0.1, 0.15) is 27.2 Å². The van der Waals surface area contributed by atoms with Crippen molar-refractivity contribution in [2.24, 2.45) is 17.8 Å². The fourth-order valence-electron chi connectivity index (χ4n) is 6.11. The molecule has 1 unspecified atom stereocenters. The van der Waals surface area contributed by atoms with E-state index in [1.54, 1.807) is 6.92 Å². The molecule has 0 aromatic rings. The summed E-state index contributed by atoms with van der Waals surface area (Å²) in [5.41, 5.74) is -1.14. The predicted molar refractivity (Wildman–Crippen MR) is 125 cm³/mol. The lowest BCUT2D eigenvalue weighted by molar-refractivity contribution is -0.155. The molecule has 0 saturated carbocycles. The SMILES string of the molecule is CCOC(=O)[C@@H]1[C@H]2O[C@@]3(CC2Br)[C@H](C(=O)NCCN2CCOCC2)N([C@@H](CO)C(C)C)C(=O)[C@@H]13. The number of hydrogen-bond donors (Lipinski definition) is 2. The largest absolute Gasteiger partial charge is 0.466 e. The molecule has 1 spiro atoms. The molecule has 0 aromatic carbocycles. The zero-order chi connectivity index (χ0) is 24.6. The number of aliphatic hydroxyl groups is 1. The Hall–Kier alpha value is -1.27. The van der Waals surface area contributed by atoms with Crippen LogP contribution in [0.3, 0.4) is 0 Å². The van der Waals surface area contributed by atoms with Crippen molar-refractivity contribution in [2.75, 3.05) is 52.6 Å². The highest BCUT2D eigenvalue weighted by molar-refractivity contribution is 9.09. The fourth-order valence-corrected chi connectivity index (χ4v) is 7.05. The second-order valence-corrected chi connectivity index (χ2v) is 11.1. The maximum atomic E-state index is 13.8. The molecular formula is C23H36BrN3O7. The van der Waals surface area contributed by atoms with Crippen LogP contribution in [0.4, 0.5) is 0 Å². The number of carbonyl (C=O) groups is 3.